The summed E-state index contributed by atoms with van der Waals surface area (Å²) in [5, 5.41) is 0.519. The maximum atomic E-state index is 12.9. The van der Waals surface area contributed by atoms with Gasteiger partial charge < -0.3 is 18.9 Å². The summed E-state index contributed by atoms with van der Waals surface area (Å²) in [7, 11) is 0. The Hall–Kier alpha value is -1.74. The molecule has 0 N–H and O–H groups in total. The molecule has 2 aromatic rings. The van der Waals surface area contributed by atoms with Gasteiger partial charge in [0.25, 0.3) is 0 Å². The molecule has 4 nitrogen and oxygen atoms in total. The lowest BCUT2D eigenvalue weighted by Gasteiger charge is -2.17. The number of hydrogen-bond donors (Lipinski definition) is 0. The van der Waals surface area contributed by atoms with Crippen LogP contribution in [0.3, 0.4) is 0 Å². The number of hydrogen-bond acceptors (Lipinski definition) is 4. The Bertz CT molecular complexity index is 889. The monoisotopic (exact) mass is 550 g/mol. The van der Waals surface area contributed by atoms with Crippen LogP contribution in [-0.2, 0) is 0 Å². The second-order valence-corrected chi connectivity index (χ2v) is 8.32. The number of halogens is 8. The molecule has 12 heteroatoms. The van der Waals surface area contributed by atoms with Crippen LogP contribution in [0.1, 0.15) is 12.8 Å². The third-order valence-corrected chi connectivity index (χ3v) is 4.64. The molecular formula is C21H18Cl4F4O4. The molecule has 0 saturated carbocycles. The Morgan fingerprint density at radius 2 is 1.39 bits per heavy atom. The van der Waals surface area contributed by atoms with Crippen molar-refractivity contribution in [3.63, 3.8) is 0 Å². The van der Waals surface area contributed by atoms with E-state index in [2.05, 4.69) is 4.74 Å². The van der Waals surface area contributed by atoms with Crippen molar-refractivity contribution in [3.05, 3.63) is 58.8 Å². The predicted molar refractivity (Wildman–Crippen MR) is 120 cm³/mol. The molecule has 0 aliphatic heterocycles. The normalized spacial score (nSPS) is 11.9. The highest BCUT2D eigenvalue weighted by atomic mass is 35.5. The minimum absolute atomic E-state index is 0.259. The van der Waals surface area contributed by atoms with E-state index in [-0.39, 0.29) is 10.0 Å². The summed E-state index contributed by atoms with van der Waals surface area (Å²) in [4.78, 5) is -0.707. The SMILES string of the molecule is FC(F)C(F)(F)Oc1ccc(OCCCCOc2c(Cl)cc(OC=CC(Cl)Cl)cc2Cl)cc1. The van der Waals surface area contributed by atoms with Crippen LogP contribution < -0.4 is 18.9 Å². The molecule has 2 rings (SSSR count). The first-order valence-electron chi connectivity index (χ1n) is 9.39. The average molecular weight is 552 g/mol. The molecule has 0 radical (unpaired) electrons. The largest absolute Gasteiger partial charge is 0.494 e. The maximum absolute atomic E-state index is 12.9. The van der Waals surface area contributed by atoms with Crippen molar-refractivity contribution in [3.8, 4) is 23.0 Å². The summed E-state index contributed by atoms with van der Waals surface area (Å²) in [5.74, 6) is 0.656. The number of alkyl halides is 6. The second kappa shape index (κ2) is 13.2. The first-order chi connectivity index (χ1) is 15.6. The fourth-order valence-electron chi connectivity index (χ4n) is 2.29. The predicted octanol–water partition coefficient (Wildman–Crippen LogP) is 8.16. The lowest BCUT2D eigenvalue weighted by atomic mass is 10.3. The fourth-order valence-corrected chi connectivity index (χ4v) is 2.99. The van der Waals surface area contributed by atoms with Crippen molar-refractivity contribution in [2.45, 2.75) is 30.2 Å². The number of ether oxygens (including phenoxy) is 4. The molecule has 0 atom stereocenters. The number of allylic oxidation sites excluding steroid dienone is 1. The van der Waals surface area contributed by atoms with Gasteiger partial charge in [0.1, 0.15) is 22.1 Å². The van der Waals surface area contributed by atoms with Gasteiger partial charge in [-0.2, -0.15) is 17.6 Å². The Balaban J connectivity index is 1.72. The van der Waals surface area contributed by atoms with E-state index in [0.717, 1.165) is 12.1 Å². The van der Waals surface area contributed by atoms with E-state index in [0.29, 0.717) is 43.3 Å². The van der Waals surface area contributed by atoms with E-state index < -0.39 is 23.1 Å². The highest BCUT2D eigenvalue weighted by Crippen LogP contribution is 2.37. The summed E-state index contributed by atoms with van der Waals surface area (Å²) < 4.78 is 70.4. The van der Waals surface area contributed by atoms with E-state index in [1.807, 2.05) is 0 Å². The molecule has 0 aliphatic carbocycles. The lowest BCUT2D eigenvalue weighted by Crippen LogP contribution is -2.33. The van der Waals surface area contributed by atoms with Crippen LogP contribution in [0.25, 0.3) is 0 Å². The van der Waals surface area contributed by atoms with Crippen LogP contribution >= 0.6 is 46.4 Å². The Kier molecular flexibility index (Phi) is 11.0. The Morgan fingerprint density at radius 3 is 1.94 bits per heavy atom. The summed E-state index contributed by atoms with van der Waals surface area (Å²) in [6.45, 7) is 0.609. The molecule has 0 heterocycles. The van der Waals surface area contributed by atoms with Gasteiger partial charge in [-0.05, 0) is 43.2 Å². The van der Waals surface area contributed by atoms with Gasteiger partial charge in [0.05, 0.1) is 29.5 Å². The van der Waals surface area contributed by atoms with Gasteiger partial charge in [-0.3, -0.25) is 0 Å². The van der Waals surface area contributed by atoms with E-state index in [9.17, 15) is 17.6 Å². The molecule has 182 valence electrons. The first-order valence-corrected chi connectivity index (χ1v) is 11.0. The van der Waals surface area contributed by atoms with Crippen LogP contribution in [0.5, 0.6) is 23.0 Å². The topological polar surface area (TPSA) is 36.9 Å². The highest BCUT2D eigenvalue weighted by Gasteiger charge is 2.43. The molecule has 0 unspecified atom stereocenters. The molecule has 0 saturated heterocycles. The summed E-state index contributed by atoms with van der Waals surface area (Å²) >= 11 is 23.5. The summed E-state index contributed by atoms with van der Waals surface area (Å²) in [6, 6.07) is 7.96. The number of benzene rings is 2. The molecule has 0 aromatic heterocycles. The molecule has 0 fully saturated rings. The second-order valence-electron chi connectivity index (χ2n) is 6.34. The van der Waals surface area contributed by atoms with Crippen molar-refractivity contribution < 1.29 is 36.5 Å². The molecule has 33 heavy (non-hydrogen) atoms. The molecule has 2 aromatic carbocycles. The molecular weight excluding hydrogens is 534 g/mol. The molecule has 0 spiro atoms. The van der Waals surface area contributed by atoms with E-state index >= 15 is 0 Å². The van der Waals surface area contributed by atoms with Gasteiger partial charge in [-0.15, -0.1) is 23.2 Å². The highest BCUT2D eigenvalue weighted by molar-refractivity contribution is 6.45. The Labute approximate surface area is 207 Å². The van der Waals surface area contributed by atoms with Crippen molar-refractivity contribution in [2.75, 3.05) is 13.2 Å². The molecule has 0 bridgehead atoms. The average Bonchev–Trinajstić information content (AvgIpc) is 2.72. The van der Waals surface area contributed by atoms with Crippen molar-refractivity contribution in [1.82, 2.24) is 0 Å². The van der Waals surface area contributed by atoms with E-state index in [1.54, 1.807) is 0 Å². The van der Waals surface area contributed by atoms with Gasteiger partial charge >= 0.3 is 12.5 Å². The third-order valence-electron chi connectivity index (χ3n) is 3.79. The minimum atomic E-state index is -4.56. The van der Waals surface area contributed by atoms with Crippen LogP contribution in [0, 0.1) is 0 Å². The summed E-state index contributed by atoms with van der Waals surface area (Å²) in [5.41, 5.74) is 0. The van der Waals surface area contributed by atoms with Crippen LogP contribution in [0.2, 0.25) is 10.0 Å². The molecule has 0 aliphatic rings. The van der Waals surface area contributed by atoms with Crippen molar-refractivity contribution in [1.29, 1.82) is 0 Å². The first kappa shape index (κ1) is 27.5. The standard InChI is InChI=1S/C21H18Cl4F4O4/c22-16-11-15(31-10-7-18(24)25)12-17(23)19(16)32-9-2-1-8-30-13-3-5-14(6-4-13)33-21(28,29)20(26)27/h3-7,10-12,18,20H,1-2,8-9H2. The van der Waals surface area contributed by atoms with Crippen LogP contribution in [0.4, 0.5) is 17.6 Å². The molecule has 0 amide bonds. The van der Waals surface area contributed by atoms with Crippen LogP contribution in [0.15, 0.2) is 48.7 Å². The van der Waals surface area contributed by atoms with Gasteiger partial charge in [0.15, 0.2) is 5.75 Å². The van der Waals surface area contributed by atoms with Gasteiger partial charge in [-0.25, -0.2) is 0 Å². The number of unbranched alkanes of at least 4 members (excludes halogenated alkanes) is 1. The number of rotatable bonds is 13. The smallest absolute Gasteiger partial charge is 0.461 e. The Morgan fingerprint density at radius 1 is 0.848 bits per heavy atom. The van der Waals surface area contributed by atoms with Gasteiger partial charge in [0.2, 0.25) is 0 Å². The van der Waals surface area contributed by atoms with E-state index in [4.69, 9.17) is 60.6 Å². The maximum Gasteiger partial charge on any atom is 0.461 e. The quantitative estimate of drug-likeness (QED) is 0.109. The zero-order valence-electron chi connectivity index (χ0n) is 16.8. The zero-order chi connectivity index (χ0) is 24.4. The van der Waals surface area contributed by atoms with E-state index in [1.165, 1.54) is 36.6 Å². The zero-order valence-corrected chi connectivity index (χ0v) is 19.8. The summed E-state index contributed by atoms with van der Waals surface area (Å²) in [6.07, 6.45) is -4.55. The van der Waals surface area contributed by atoms with Crippen molar-refractivity contribution in [2.24, 2.45) is 0 Å². The minimum Gasteiger partial charge on any atom is -0.494 e. The van der Waals surface area contributed by atoms with Crippen molar-refractivity contribution >= 4 is 46.4 Å². The van der Waals surface area contributed by atoms with Crippen LogP contribution in [-0.4, -0.2) is 30.6 Å². The van der Waals surface area contributed by atoms with Gasteiger partial charge in [-0.1, -0.05) is 23.2 Å². The van der Waals surface area contributed by atoms with Gasteiger partial charge in [0, 0.05) is 12.1 Å². The third kappa shape index (κ3) is 9.57. The fraction of sp³-hybridized carbons (Fsp3) is 0.333. The lowest BCUT2D eigenvalue weighted by molar-refractivity contribution is -0.253.